The van der Waals surface area contributed by atoms with Crippen molar-refractivity contribution in [2.24, 2.45) is 0 Å². The minimum absolute atomic E-state index is 0.0788. The average Bonchev–Trinajstić information content (AvgIpc) is 2.38. The summed E-state index contributed by atoms with van der Waals surface area (Å²) in [6.45, 7) is 8.82. The Bertz CT molecular complexity index is 253. The molecule has 0 aliphatic carbocycles. The lowest BCUT2D eigenvalue weighted by Crippen LogP contribution is -2.43. The minimum Gasteiger partial charge on any atom is -0.453 e. The van der Waals surface area contributed by atoms with Gasteiger partial charge in [0.15, 0.2) is 5.78 Å². The van der Waals surface area contributed by atoms with Crippen LogP contribution in [0.2, 0.25) is 0 Å². The molecule has 1 amide bonds. The first kappa shape index (κ1) is 16.9. The van der Waals surface area contributed by atoms with E-state index in [1.165, 1.54) is 7.11 Å². The summed E-state index contributed by atoms with van der Waals surface area (Å²) in [5, 5.41) is 2.62. The molecule has 0 saturated carbocycles. The predicted octanol–water partition coefficient (Wildman–Crippen LogP) is 1.81. The summed E-state index contributed by atoms with van der Waals surface area (Å²) in [6.07, 6.45) is 1.38. The zero-order valence-electron chi connectivity index (χ0n) is 12.0. The Labute approximate surface area is 110 Å². The molecule has 0 radical (unpaired) electrons. The molecule has 0 spiro atoms. The van der Waals surface area contributed by atoms with Crippen molar-refractivity contribution in [3.05, 3.63) is 0 Å². The summed E-state index contributed by atoms with van der Waals surface area (Å²) in [5.41, 5.74) is 0. The van der Waals surface area contributed by atoms with Crippen LogP contribution >= 0.6 is 0 Å². The first-order chi connectivity index (χ1) is 8.58. The zero-order valence-corrected chi connectivity index (χ0v) is 12.0. The van der Waals surface area contributed by atoms with Gasteiger partial charge in [-0.05, 0) is 25.9 Å². The quantitative estimate of drug-likeness (QED) is 0.685. The molecule has 1 atom stereocenters. The molecule has 0 unspecified atom stereocenters. The summed E-state index contributed by atoms with van der Waals surface area (Å²) in [5.74, 6) is 0.0788. The fourth-order valence-electron chi connectivity index (χ4n) is 1.79. The van der Waals surface area contributed by atoms with Crippen LogP contribution in [-0.4, -0.2) is 49.6 Å². The van der Waals surface area contributed by atoms with E-state index in [1.54, 1.807) is 0 Å². The Balaban J connectivity index is 4.36. The van der Waals surface area contributed by atoms with E-state index in [2.05, 4.69) is 28.8 Å². The van der Waals surface area contributed by atoms with Gasteiger partial charge in [0.25, 0.3) is 0 Å². The smallest absolute Gasteiger partial charge is 0.407 e. The number of carbonyl (C=O) groups excluding carboxylic acids is 2. The molecule has 0 aliphatic rings. The van der Waals surface area contributed by atoms with E-state index in [1.807, 2.05) is 6.92 Å². The summed E-state index contributed by atoms with van der Waals surface area (Å²) in [7, 11) is 1.31. The van der Waals surface area contributed by atoms with Crippen molar-refractivity contribution >= 4 is 11.9 Å². The fraction of sp³-hybridized carbons (Fsp3) is 0.846. The molecule has 1 N–H and O–H groups in total. The van der Waals surface area contributed by atoms with Crippen LogP contribution in [0.15, 0.2) is 0 Å². The molecule has 0 aromatic carbocycles. The third kappa shape index (κ3) is 6.59. The van der Waals surface area contributed by atoms with Gasteiger partial charge in [0.2, 0.25) is 0 Å². The number of rotatable bonds is 9. The number of amides is 1. The van der Waals surface area contributed by atoms with Crippen molar-refractivity contribution in [1.29, 1.82) is 0 Å². The second-order valence-corrected chi connectivity index (χ2v) is 4.22. The molecular formula is C13H26N2O3. The molecule has 0 bridgehead atoms. The number of ketones is 1. The van der Waals surface area contributed by atoms with Crippen LogP contribution in [0.5, 0.6) is 0 Å². The molecule has 5 nitrogen and oxygen atoms in total. The molecular weight excluding hydrogens is 232 g/mol. The molecule has 0 fully saturated rings. The highest BCUT2D eigenvalue weighted by atomic mass is 16.5. The highest BCUT2D eigenvalue weighted by molar-refractivity contribution is 5.87. The number of hydrogen-bond acceptors (Lipinski definition) is 4. The van der Waals surface area contributed by atoms with Gasteiger partial charge in [-0.2, -0.15) is 0 Å². The third-order valence-corrected chi connectivity index (χ3v) is 2.99. The lowest BCUT2D eigenvalue weighted by atomic mass is 10.0. The Morgan fingerprint density at radius 1 is 1.22 bits per heavy atom. The van der Waals surface area contributed by atoms with Crippen LogP contribution in [0.1, 0.15) is 40.0 Å². The van der Waals surface area contributed by atoms with Gasteiger partial charge in [0, 0.05) is 13.0 Å². The van der Waals surface area contributed by atoms with Crippen LogP contribution < -0.4 is 5.32 Å². The maximum absolute atomic E-state index is 11.9. The zero-order chi connectivity index (χ0) is 14.0. The van der Waals surface area contributed by atoms with E-state index >= 15 is 0 Å². The van der Waals surface area contributed by atoms with Crippen molar-refractivity contribution in [1.82, 2.24) is 10.2 Å². The lowest BCUT2D eigenvalue weighted by Gasteiger charge is -2.22. The van der Waals surface area contributed by atoms with Gasteiger partial charge in [0.05, 0.1) is 13.2 Å². The summed E-state index contributed by atoms with van der Waals surface area (Å²) in [4.78, 5) is 25.3. The maximum atomic E-state index is 11.9. The molecule has 0 saturated heterocycles. The number of hydrogen-bond donors (Lipinski definition) is 1. The van der Waals surface area contributed by atoms with E-state index in [0.29, 0.717) is 12.8 Å². The second-order valence-electron chi connectivity index (χ2n) is 4.22. The lowest BCUT2D eigenvalue weighted by molar-refractivity contribution is -0.121. The number of nitrogens with zero attached hydrogens (tertiary/aromatic N) is 1. The predicted molar refractivity (Wildman–Crippen MR) is 71.6 cm³/mol. The number of methoxy groups -OCH3 is 1. The van der Waals surface area contributed by atoms with Gasteiger partial charge in [-0.25, -0.2) is 4.79 Å². The van der Waals surface area contributed by atoms with Gasteiger partial charge in [-0.3, -0.25) is 4.79 Å². The first-order valence-corrected chi connectivity index (χ1v) is 6.68. The van der Waals surface area contributed by atoms with Crippen molar-refractivity contribution in [3.63, 3.8) is 0 Å². The number of alkyl carbamates (subject to hydrolysis) is 1. The van der Waals surface area contributed by atoms with Crippen LogP contribution in [0, 0.1) is 0 Å². The molecule has 0 rings (SSSR count). The van der Waals surface area contributed by atoms with Crippen molar-refractivity contribution in [2.45, 2.75) is 46.1 Å². The summed E-state index contributed by atoms with van der Waals surface area (Å²) < 4.78 is 4.55. The Hall–Kier alpha value is -1.10. The van der Waals surface area contributed by atoms with Crippen molar-refractivity contribution in [2.75, 3.05) is 26.7 Å². The fourth-order valence-corrected chi connectivity index (χ4v) is 1.79. The monoisotopic (exact) mass is 258 g/mol. The normalized spacial score (nSPS) is 12.3. The standard InChI is InChI=1S/C13H26N2O3/c1-5-8-12(16)11(14-13(17)18-4)9-10-15(6-2)7-3/h11H,5-10H2,1-4H3,(H,14,17)/t11-/m0/s1. The van der Waals surface area contributed by atoms with Crippen LogP contribution in [0.25, 0.3) is 0 Å². The Morgan fingerprint density at radius 3 is 2.28 bits per heavy atom. The van der Waals surface area contributed by atoms with Crippen LogP contribution in [-0.2, 0) is 9.53 Å². The SMILES string of the molecule is CCCC(=O)[C@H](CCN(CC)CC)NC(=O)OC. The molecule has 0 aliphatic heterocycles. The van der Waals surface area contributed by atoms with Crippen LogP contribution in [0.4, 0.5) is 4.79 Å². The maximum Gasteiger partial charge on any atom is 0.407 e. The van der Waals surface area contributed by atoms with Crippen LogP contribution in [0.3, 0.4) is 0 Å². The summed E-state index contributed by atoms with van der Waals surface area (Å²) >= 11 is 0. The highest BCUT2D eigenvalue weighted by Gasteiger charge is 2.20. The highest BCUT2D eigenvalue weighted by Crippen LogP contribution is 2.03. The third-order valence-electron chi connectivity index (χ3n) is 2.99. The number of nitrogens with one attached hydrogen (secondary N) is 1. The topological polar surface area (TPSA) is 58.6 Å². The van der Waals surface area contributed by atoms with Crippen molar-refractivity contribution in [3.8, 4) is 0 Å². The molecule has 0 aromatic rings. The van der Waals surface area contributed by atoms with Gasteiger partial charge in [0.1, 0.15) is 0 Å². The number of Topliss-reactive ketones (excluding diaryl/α,β-unsaturated/α-hetero) is 1. The summed E-state index contributed by atoms with van der Waals surface area (Å²) in [6, 6.07) is -0.432. The molecule has 0 aromatic heterocycles. The molecule has 106 valence electrons. The van der Waals surface area contributed by atoms with E-state index in [-0.39, 0.29) is 5.78 Å². The van der Waals surface area contributed by atoms with Gasteiger partial charge in [-0.1, -0.05) is 20.8 Å². The van der Waals surface area contributed by atoms with E-state index in [4.69, 9.17) is 0 Å². The van der Waals surface area contributed by atoms with Gasteiger partial charge >= 0.3 is 6.09 Å². The number of ether oxygens (including phenoxy) is 1. The van der Waals surface area contributed by atoms with Gasteiger partial charge < -0.3 is 15.0 Å². The average molecular weight is 258 g/mol. The molecule has 18 heavy (non-hydrogen) atoms. The first-order valence-electron chi connectivity index (χ1n) is 6.68. The minimum atomic E-state index is -0.538. The second kappa shape index (κ2) is 9.88. The van der Waals surface area contributed by atoms with E-state index in [9.17, 15) is 9.59 Å². The molecule has 5 heteroatoms. The molecule has 0 heterocycles. The van der Waals surface area contributed by atoms with Crippen molar-refractivity contribution < 1.29 is 14.3 Å². The number of carbonyl (C=O) groups is 2. The Morgan fingerprint density at radius 2 is 1.83 bits per heavy atom. The van der Waals surface area contributed by atoms with E-state index in [0.717, 1.165) is 26.1 Å². The van der Waals surface area contributed by atoms with Gasteiger partial charge in [-0.15, -0.1) is 0 Å². The van der Waals surface area contributed by atoms with E-state index < -0.39 is 12.1 Å². The largest absolute Gasteiger partial charge is 0.453 e. The Kier molecular flexibility index (Phi) is 9.28.